The van der Waals surface area contributed by atoms with Gasteiger partial charge in [-0.2, -0.15) is 0 Å². The molecule has 0 saturated carbocycles. The molecule has 3 aromatic rings. The first-order valence-corrected chi connectivity index (χ1v) is 5.31. The van der Waals surface area contributed by atoms with E-state index in [9.17, 15) is 0 Å². The smallest absolute Gasteiger partial charge is 0.179 e. The molecule has 0 amide bonds. The number of H-pyrrole nitrogens is 1. The second-order valence-corrected chi connectivity index (χ2v) is 3.82. The minimum atomic E-state index is 0.486. The molecule has 84 valence electrons. The summed E-state index contributed by atoms with van der Waals surface area (Å²) in [5.74, 6) is 1.36. The first-order valence-electron chi connectivity index (χ1n) is 5.31. The summed E-state index contributed by atoms with van der Waals surface area (Å²) in [6.07, 6.45) is 4.28. The lowest BCUT2D eigenvalue weighted by Crippen LogP contribution is -1.90. The second-order valence-electron chi connectivity index (χ2n) is 3.82. The summed E-state index contributed by atoms with van der Waals surface area (Å²) in [5.41, 5.74) is 8.34. The van der Waals surface area contributed by atoms with Gasteiger partial charge in [0.05, 0.1) is 5.52 Å². The molecule has 0 atom stereocenters. The Bertz CT molecular complexity index is 644. The second kappa shape index (κ2) is 3.86. The summed E-state index contributed by atoms with van der Waals surface area (Å²) in [6, 6.07) is 7.58. The van der Waals surface area contributed by atoms with Gasteiger partial charge in [-0.25, -0.2) is 9.97 Å². The van der Waals surface area contributed by atoms with Gasteiger partial charge in [0, 0.05) is 18.8 Å². The number of rotatable bonds is 2. The van der Waals surface area contributed by atoms with Gasteiger partial charge < -0.3 is 10.7 Å². The molecule has 0 spiro atoms. The number of nitrogens with two attached hydrogens (primary N) is 1. The predicted molar refractivity (Wildman–Crippen MR) is 65.3 cm³/mol. The van der Waals surface area contributed by atoms with Gasteiger partial charge in [0.25, 0.3) is 0 Å². The summed E-state index contributed by atoms with van der Waals surface area (Å²) in [4.78, 5) is 15.8. The summed E-state index contributed by atoms with van der Waals surface area (Å²) < 4.78 is 0. The summed E-state index contributed by atoms with van der Waals surface area (Å²) in [5, 5.41) is 0. The lowest BCUT2D eigenvalue weighted by Gasteiger charge is -1.95. The van der Waals surface area contributed by atoms with Crippen LogP contribution in [-0.2, 0) is 6.42 Å². The van der Waals surface area contributed by atoms with Crippen molar-refractivity contribution in [2.24, 2.45) is 0 Å². The fourth-order valence-electron chi connectivity index (χ4n) is 1.73. The molecule has 0 aliphatic rings. The minimum Gasteiger partial charge on any atom is -0.384 e. The van der Waals surface area contributed by atoms with Crippen molar-refractivity contribution < 1.29 is 0 Å². The molecule has 5 nitrogen and oxygen atoms in total. The zero-order valence-corrected chi connectivity index (χ0v) is 9.09. The van der Waals surface area contributed by atoms with Crippen LogP contribution in [0.5, 0.6) is 0 Å². The van der Waals surface area contributed by atoms with E-state index in [-0.39, 0.29) is 0 Å². The van der Waals surface area contributed by atoms with E-state index >= 15 is 0 Å². The molecule has 3 aromatic heterocycles. The summed E-state index contributed by atoms with van der Waals surface area (Å²) >= 11 is 0. The highest BCUT2D eigenvalue weighted by atomic mass is 15.0. The number of imidazole rings is 1. The minimum absolute atomic E-state index is 0.486. The third kappa shape index (κ3) is 1.94. The molecule has 0 aromatic carbocycles. The van der Waals surface area contributed by atoms with E-state index in [1.807, 2.05) is 18.2 Å². The Labute approximate surface area is 97.7 Å². The van der Waals surface area contributed by atoms with Crippen LogP contribution in [0.4, 0.5) is 5.82 Å². The fraction of sp³-hybridized carbons (Fsp3) is 0.0833. The summed E-state index contributed by atoms with van der Waals surface area (Å²) in [7, 11) is 0. The number of hydrogen-bond donors (Lipinski definition) is 2. The Balaban J connectivity index is 1.96. The Kier molecular flexibility index (Phi) is 2.22. The van der Waals surface area contributed by atoms with Gasteiger partial charge in [0.15, 0.2) is 5.65 Å². The van der Waals surface area contributed by atoms with E-state index in [4.69, 9.17) is 5.73 Å². The molecule has 0 radical (unpaired) electrons. The third-order valence-corrected chi connectivity index (χ3v) is 2.54. The number of aromatic nitrogens is 4. The number of pyridine rings is 2. The molecular weight excluding hydrogens is 214 g/mol. The average Bonchev–Trinajstić information content (AvgIpc) is 2.71. The molecule has 0 saturated heterocycles. The quantitative estimate of drug-likeness (QED) is 0.693. The molecule has 17 heavy (non-hydrogen) atoms. The lowest BCUT2D eigenvalue weighted by atomic mass is 10.2. The maximum atomic E-state index is 5.61. The van der Waals surface area contributed by atoms with Crippen LogP contribution < -0.4 is 5.73 Å². The molecule has 0 aliphatic heterocycles. The van der Waals surface area contributed by atoms with Crippen molar-refractivity contribution in [2.75, 3.05) is 5.73 Å². The predicted octanol–water partition coefficient (Wildman–Crippen LogP) is 1.53. The van der Waals surface area contributed by atoms with E-state index in [2.05, 4.69) is 19.9 Å². The Morgan fingerprint density at radius 3 is 2.71 bits per heavy atom. The van der Waals surface area contributed by atoms with Crippen molar-refractivity contribution in [3.05, 3.63) is 48.0 Å². The normalized spacial score (nSPS) is 10.8. The van der Waals surface area contributed by atoms with Crippen LogP contribution in [0.2, 0.25) is 0 Å². The highest BCUT2D eigenvalue weighted by molar-refractivity contribution is 5.72. The zero-order valence-electron chi connectivity index (χ0n) is 9.09. The van der Waals surface area contributed by atoms with Gasteiger partial charge in [-0.15, -0.1) is 0 Å². The van der Waals surface area contributed by atoms with Crippen LogP contribution in [0, 0.1) is 0 Å². The largest absolute Gasteiger partial charge is 0.384 e. The molecule has 0 unspecified atom stereocenters. The zero-order chi connectivity index (χ0) is 11.7. The third-order valence-electron chi connectivity index (χ3n) is 2.54. The van der Waals surface area contributed by atoms with E-state index in [0.717, 1.165) is 23.3 Å². The van der Waals surface area contributed by atoms with Crippen molar-refractivity contribution in [1.29, 1.82) is 0 Å². The topological polar surface area (TPSA) is 80.5 Å². The van der Waals surface area contributed by atoms with Crippen LogP contribution >= 0.6 is 0 Å². The number of nitrogens with one attached hydrogen (secondary N) is 1. The Morgan fingerprint density at radius 1 is 1.06 bits per heavy atom. The maximum Gasteiger partial charge on any atom is 0.179 e. The number of nitrogens with zero attached hydrogens (tertiary/aromatic N) is 3. The van der Waals surface area contributed by atoms with Gasteiger partial charge >= 0.3 is 0 Å². The van der Waals surface area contributed by atoms with Crippen molar-refractivity contribution in [3.8, 4) is 0 Å². The first kappa shape index (κ1) is 9.77. The van der Waals surface area contributed by atoms with E-state index < -0.39 is 0 Å². The van der Waals surface area contributed by atoms with Crippen LogP contribution in [0.1, 0.15) is 11.4 Å². The van der Waals surface area contributed by atoms with Gasteiger partial charge in [0.2, 0.25) is 0 Å². The van der Waals surface area contributed by atoms with E-state index in [1.165, 1.54) is 0 Å². The van der Waals surface area contributed by atoms with Crippen molar-refractivity contribution in [3.63, 3.8) is 0 Å². The van der Waals surface area contributed by atoms with E-state index in [0.29, 0.717) is 11.5 Å². The van der Waals surface area contributed by atoms with Gasteiger partial charge in [-0.1, -0.05) is 0 Å². The summed E-state index contributed by atoms with van der Waals surface area (Å²) in [6.45, 7) is 0. The Morgan fingerprint density at radius 2 is 1.88 bits per heavy atom. The molecule has 0 aliphatic carbocycles. The average molecular weight is 225 g/mol. The van der Waals surface area contributed by atoms with Crippen molar-refractivity contribution in [1.82, 2.24) is 19.9 Å². The van der Waals surface area contributed by atoms with Crippen LogP contribution in [-0.4, -0.2) is 19.9 Å². The fourth-order valence-corrected chi connectivity index (χ4v) is 1.73. The first-order chi connectivity index (χ1) is 8.31. The van der Waals surface area contributed by atoms with Gasteiger partial charge in [-0.3, -0.25) is 4.98 Å². The van der Waals surface area contributed by atoms with Crippen molar-refractivity contribution in [2.45, 2.75) is 6.42 Å². The molecule has 3 rings (SSSR count). The van der Waals surface area contributed by atoms with Crippen LogP contribution in [0.25, 0.3) is 11.2 Å². The molecule has 0 bridgehead atoms. The van der Waals surface area contributed by atoms with Gasteiger partial charge in [0.1, 0.15) is 11.6 Å². The number of nitrogen functional groups attached to an aromatic ring is 1. The lowest BCUT2D eigenvalue weighted by molar-refractivity contribution is 1.03. The van der Waals surface area contributed by atoms with Crippen molar-refractivity contribution >= 4 is 17.0 Å². The number of fused-ring (bicyclic) bond motifs is 1. The number of aromatic amines is 1. The molecular formula is C12H11N5. The monoisotopic (exact) mass is 225 g/mol. The number of hydrogen-bond acceptors (Lipinski definition) is 4. The molecule has 0 fully saturated rings. The highest BCUT2D eigenvalue weighted by Gasteiger charge is 2.04. The molecule has 3 heterocycles. The standard InChI is InChI=1S/C12H11N5/c13-10-2-1-9-12(16-10)17-11(15-9)7-8-3-5-14-6-4-8/h1-6H,7H2,(H3,13,15,16,17). The maximum absolute atomic E-state index is 5.61. The molecule has 5 heteroatoms. The SMILES string of the molecule is Nc1ccc2[nH]c(Cc3ccncc3)nc2n1. The van der Waals surface area contributed by atoms with Crippen LogP contribution in [0.3, 0.4) is 0 Å². The Hall–Kier alpha value is -2.43. The van der Waals surface area contributed by atoms with E-state index in [1.54, 1.807) is 18.5 Å². The molecule has 3 N–H and O–H groups in total. The number of anilines is 1. The highest BCUT2D eigenvalue weighted by Crippen LogP contribution is 2.13. The van der Waals surface area contributed by atoms with Gasteiger partial charge in [-0.05, 0) is 29.8 Å². The van der Waals surface area contributed by atoms with Crippen LogP contribution in [0.15, 0.2) is 36.7 Å².